The Labute approximate surface area is 122 Å². The summed E-state index contributed by atoms with van der Waals surface area (Å²) in [7, 11) is 0. The zero-order chi connectivity index (χ0) is 14.0. The minimum atomic E-state index is -0.359. The van der Waals surface area contributed by atoms with Crippen LogP contribution in [0.15, 0.2) is 22.7 Å². The molecule has 2 rings (SSSR count). The van der Waals surface area contributed by atoms with Crippen molar-refractivity contribution in [2.75, 3.05) is 6.54 Å². The van der Waals surface area contributed by atoms with Gasteiger partial charge >= 0.3 is 0 Å². The average molecular weight is 326 g/mol. The Morgan fingerprint density at radius 3 is 2.89 bits per heavy atom. The van der Waals surface area contributed by atoms with E-state index in [1.165, 1.54) is 0 Å². The zero-order valence-electron chi connectivity index (χ0n) is 11.4. The molecule has 1 aliphatic rings. The predicted octanol–water partition coefficient (Wildman–Crippen LogP) is 3.13. The molecule has 0 unspecified atom stereocenters. The van der Waals surface area contributed by atoms with Gasteiger partial charge in [0.25, 0.3) is 5.91 Å². The average Bonchev–Trinajstić information content (AvgIpc) is 2.73. The van der Waals surface area contributed by atoms with Crippen molar-refractivity contribution in [1.82, 2.24) is 4.90 Å². The fourth-order valence-electron chi connectivity index (χ4n) is 2.77. The number of nitrogens with zero attached hydrogens (tertiary/aromatic N) is 1. The first-order valence-corrected chi connectivity index (χ1v) is 7.53. The molecule has 0 spiro atoms. The molecule has 1 aromatic carbocycles. The number of amides is 1. The summed E-state index contributed by atoms with van der Waals surface area (Å²) in [6.45, 7) is 4.56. The van der Waals surface area contributed by atoms with Gasteiger partial charge in [0.2, 0.25) is 0 Å². The Kier molecular flexibility index (Phi) is 4.63. The van der Waals surface area contributed by atoms with E-state index in [1.54, 1.807) is 6.92 Å². The SMILES string of the molecule is Cc1cc(Br)cc(C(=O)N2CCC[C@@H]2C[C@H](C)O)c1. The first kappa shape index (κ1) is 14.5. The van der Waals surface area contributed by atoms with E-state index in [4.69, 9.17) is 0 Å². The zero-order valence-corrected chi connectivity index (χ0v) is 13.0. The smallest absolute Gasteiger partial charge is 0.254 e. The summed E-state index contributed by atoms with van der Waals surface area (Å²) in [5.74, 6) is 0.0764. The summed E-state index contributed by atoms with van der Waals surface area (Å²) in [5, 5.41) is 9.53. The molecular weight excluding hydrogens is 306 g/mol. The van der Waals surface area contributed by atoms with Gasteiger partial charge in [0, 0.05) is 22.6 Å². The second kappa shape index (κ2) is 6.06. The number of halogens is 1. The number of likely N-dealkylation sites (tertiary alicyclic amines) is 1. The van der Waals surface area contributed by atoms with E-state index < -0.39 is 0 Å². The van der Waals surface area contributed by atoms with Crippen LogP contribution in [0.5, 0.6) is 0 Å². The maximum Gasteiger partial charge on any atom is 0.254 e. The van der Waals surface area contributed by atoms with Crippen molar-refractivity contribution in [1.29, 1.82) is 0 Å². The summed E-state index contributed by atoms with van der Waals surface area (Å²) in [6.07, 6.45) is 2.32. The minimum absolute atomic E-state index is 0.0764. The number of carbonyl (C=O) groups excluding carboxylic acids is 1. The number of aliphatic hydroxyl groups excluding tert-OH is 1. The molecule has 1 heterocycles. The highest BCUT2D eigenvalue weighted by atomic mass is 79.9. The number of aryl methyl sites for hydroxylation is 1. The van der Waals surface area contributed by atoms with Crippen LogP contribution in [0.2, 0.25) is 0 Å². The number of benzene rings is 1. The quantitative estimate of drug-likeness (QED) is 0.927. The van der Waals surface area contributed by atoms with Crippen LogP contribution in [0.4, 0.5) is 0 Å². The summed E-state index contributed by atoms with van der Waals surface area (Å²) in [4.78, 5) is 14.5. The molecule has 1 fully saturated rings. The predicted molar refractivity (Wildman–Crippen MR) is 79.2 cm³/mol. The van der Waals surface area contributed by atoms with E-state index >= 15 is 0 Å². The number of hydrogen-bond acceptors (Lipinski definition) is 2. The lowest BCUT2D eigenvalue weighted by atomic mass is 10.1. The van der Waals surface area contributed by atoms with Gasteiger partial charge in [-0.1, -0.05) is 15.9 Å². The van der Waals surface area contributed by atoms with E-state index in [9.17, 15) is 9.90 Å². The monoisotopic (exact) mass is 325 g/mol. The molecule has 0 radical (unpaired) electrons. The van der Waals surface area contributed by atoms with Gasteiger partial charge in [-0.2, -0.15) is 0 Å². The van der Waals surface area contributed by atoms with Gasteiger partial charge in [0.05, 0.1) is 6.10 Å². The van der Waals surface area contributed by atoms with Crippen molar-refractivity contribution < 1.29 is 9.90 Å². The molecule has 2 atom stereocenters. The summed E-state index contributed by atoms with van der Waals surface area (Å²) >= 11 is 3.43. The third-order valence-corrected chi connectivity index (χ3v) is 4.00. The highest BCUT2D eigenvalue weighted by molar-refractivity contribution is 9.10. The van der Waals surface area contributed by atoms with Crippen molar-refractivity contribution in [2.45, 2.75) is 45.3 Å². The maximum atomic E-state index is 12.6. The second-order valence-electron chi connectivity index (χ2n) is 5.40. The van der Waals surface area contributed by atoms with Gasteiger partial charge < -0.3 is 10.0 Å². The van der Waals surface area contributed by atoms with E-state index in [0.717, 1.165) is 35.0 Å². The third kappa shape index (κ3) is 3.57. The second-order valence-corrected chi connectivity index (χ2v) is 6.31. The first-order valence-electron chi connectivity index (χ1n) is 6.73. The largest absolute Gasteiger partial charge is 0.393 e. The van der Waals surface area contributed by atoms with Crippen LogP contribution < -0.4 is 0 Å². The molecule has 0 saturated carbocycles. The molecule has 1 amide bonds. The minimum Gasteiger partial charge on any atom is -0.393 e. The first-order chi connectivity index (χ1) is 8.97. The Bertz CT molecular complexity index is 453. The Morgan fingerprint density at radius 1 is 1.53 bits per heavy atom. The van der Waals surface area contributed by atoms with Crippen molar-refractivity contribution in [3.8, 4) is 0 Å². The summed E-state index contributed by atoms with van der Waals surface area (Å²) in [6, 6.07) is 5.96. The van der Waals surface area contributed by atoms with Crippen LogP contribution in [0.25, 0.3) is 0 Å². The molecule has 3 nitrogen and oxygen atoms in total. The highest BCUT2D eigenvalue weighted by Gasteiger charge is 2.30. The number of carbonyl (C=O) groups is 1. The van der Waals surface area contributed by atoms with Crippen molar-refractivity contribution in [3.05, 3.63) is 33.8 Å². The Morgan fingerprint density at radius 2 is 2.26 bits per heavy atom. The van der Waals surface area contributed by atoms with Crippen LogP contribution in [0.3, 0.4) is 0 Å². The van der Waals surface area contributed by atoms with Crippen molar-refractivity contribution in [3.63, 3.8) is 0 Å². The van der Waals surface area contributed by atoms with Crippen LogP contribution in [-0.2, 0) is 0 Å². The van der Waals surface area contributed by atoms with Crippen LogP contribution in [-0.4, -0.2) is 34.6 Å². The molecular formula is C15H20BrNO2. The van der Waals surface area contributed by atoms with Gasteiger partial charge in [0.15, 0.2) is 0 Å². The lowest BCUT2D eigenvalue weighted by Crippen LogP contribution is -2.37. The van der Waals surface area contributed by atoms with E-state index in [2.05, 4.69) is 15.9 Å². The number of rotatable bonds is 3. The molecule has 1 aliphatic heterocycles. The summed E-state index contributed by atoms with van der Waals surface area (Å²) in [5.41, 5.74) is 1.80. The molecule has 104 valence electrons. The van der Waals surface area contributed by atoms with E-state index in [1.807, 2.05) is 30.0 Å². The highest BCUT2D eigenvalue weighted by Crippen LogP contribution is 2.25. The van der Waals surface area contributed by atoms with Crippen LogP contribution in [0.1, 0.15) is 42.1 Å². The van der Waals surface area contributed by atoms with E-state index in [-0.39, 0.29) is 18.1 Å². The lowest BCUT2D eigenvalue weighted by molar-refractivity contribution is 0.0682. The summed E-state index contributed by atoms with van der Waals surface area (Å²) < 4.78 is 0.933. The maximum absolute atomic E-state index is 12.6. The van der Waals surface area contributed by atoms with Crippen molar-refractivity contribution in [2.24, 2.45) is 0 Å². The number of hydrogen-bond donors (Lipinski definition) is 1. The van der Waals surface area contributed by atoms with E-state index in [0.29, 0.717) is 6.42 Å². The molecule has 0 aromatic heterocycles. The van der Waals surface area contributed by atoms with Crippen LogP contribution >= 0.6 is 15.9 Å². The molecule has 1 N–H and O–H groups in total. The topological polar surface area (TPSA) is 40.5 Å². The molecule has 1 saturated heterocycles. The Balaban J connectivity index is 2.18. The fourth-order valence-corrected chi connectivity index (χ4v) is 3.38. The Hall–Kier alpha value is -0.870. The van der Waals surface area contributed by atoms with Gasteiger partial charge in [-0.3, -0.25) is 4.79 Å². The van der Waals surface area contributed by atoms with Gasteiger partial charge in [-0.05, 0) is 56.9 Å². The standard InChI is InChI=1S/C15H20BrNO2/c1-10-6-12(9-13(16)7-10)15(19)17-5-3-4-14(17)8-11(2)18/h6-7,9,11,14,18H,3-5,8H2,1-2H3/t11-,14+/m0/s1. The van der Waals surface area contributed by atoms with Gasteiger partial charge in [0.1, 0.15) is 0 Å². The molecule has 4 heteroatoms. The van der Waals surface area contributed by atoms with Gasteiger partial charge in [-0.25, -0.2) is 0 Å². The molecule has 0 aliphatic carbocycles. The third-order valence-electron chi connectivity index (χ3n) is 3.54. The van der Waals surface area contributed by atoms with Crippen LogP contribution in [0, 0.1) is 6.92 Å². The normalized spacial score (nSPS) is 20.6. The lowest BCUT2D eigenvalue weighted by Gasteiger charge is -2.26. The fraction of sp³-hybridized carbons (Fsp3) is 0.533. The molecule has 1 aromatic rings. The number of aliphatic hydroxyl groups is 1. The molecule has 19 heavy (non-hydrogen) atoms. The van der Waals surface area contributed by atoms with Crippen molar-refractivity contribution >= 4 is 21.8 Å². The molecule has 0 bridgehead atoms. The van der Waals surface area contributed by atoms with Gasteiger partial charge in [-0.15, -0.1) is 0 Å².